The first-order valence-electron chi connectivity index (χ1n) is 8.83. The monoisotopic (exact) mass is 438 g/mol. The molecule has 0 aliphatic carbocycles. The van der Waals surface area contributed by atoms with Gasteiger partial charge in [0.2, 0.25) is 5.91 Å². The summed E-state index contributed by atoms with van der Waals surface area (Å²) in [7, 11) is 0. The molecule has 0 atom stereocenters. The molecular weight excluding hydrogens is 423 g/mol. The minimum atomic E-state index is -0.608. The second kappa shape index (κ2) is 8.60. The summed E-state index contributed by atoms with van der Waals surface area (Å²) in [4.78, 5) is 33.4. The molecule has 4 aromatic rings. The third-order valence-corrected chi connectivity index (χ3v) is 6.51. The predicted octanol–water partition coefficient (Wildman–Crippen LogP) is 4.33. The van der Waals surface area contributed by atoms with Gasteiger partial charge in [-0.3, -0.25) is 9.59 Å². The van der Waals surface area contributed by atoms with Crippen LogP contribution in [0.4, 0.5) is 10.1 Å². The van der Waals surface area contributed by atoms with Crippen molar-refractivity contribution in [3.05, 3.63) is 72.3 Å². The zero-order chi connectivity index (χ0) is 21.1. The normalized spacial score (nSPS) is 10.8. The molecule has 0 saturated heterocycles. The summed E-state index contributed by atoms with van der Waals surface area (Å²) in [5.41, 5.74) is 7.62. The zero-order valence-electron chi connectivity index (χ0n) is 15.5. The minimum Gasteiger partial charge on any atom is -0.366 e. The van der Waals surface area contributed by atoms with Crippen LogP contribution in [-0.2, 0) is 4.79 Å². The molecule has 0 aliphatic heterocycles. The number of para-hydroxylation sites is 1. The molecule has 30 heavy (non-hydrogen) atoms. The molecule has 2 aromatic heterocycles. The van der Waals surface area contributed by atoms with Crippen LogP contribution in [0, 0.1) is 5.82 Å². The van der Waals surface area contributed by atoms with Crippen molar-refractivity contribution in [3.8, 4) is 10.4 Å². The highest BCUT2D eigenvalue weighted by Crippen LogP contribution is 2.37. The standard InChI is InChI=1S/C21H15FN4O2S2/c22-13-7-5-12(6-8-13)17-9-16-19(30-17)21(25-11-24-16)29-10-18(27)26-15-4-2-1-3-14(15)20(23)28/h1-9,11H,10H2,(H2,23,28)(H,26,27). The molecule has 4 rings (SSSR count). The number of anilines is 1. The maximum atomic E-state index is 13.2. The van der Waals surface area contributed by atoms with E-state index in [1.165, 1.54) is 41.6 Å². The van der Waals surface area contributed by atoms with Crippen LogP contribution >= 0.6 is 23.1 Å². The van der Waals surface area contributed by atoms with Crippen LogP contribution in [0.1, 0.15) is 10.4 Å². The second-order valence-electron chi connectivity index (χ2n) is 6.26. The van der Waals surface area contributed by atoms with Crippen molar-refractivity contribution in [2.24, 2.45) is 5.73 Å². The van der Waals surface area contributed by atoms with E-state index in [-0.39, 0.29) is 23.0 Å². The molecular formula is C21H15FN4O2S2. The molecule has 150 valence electrons. The van der Waals surface area contributed by atoms with Crippen molar-refractivity contribution in [1.29, 1.82) is 0 Å². The SMILES string of the molecule is NC(=O)c1ccccc1NC(=O)CSc1ncnc2cc(-c3ccc(F)cc3)sc12. The average Bonchev–Trinajstić information content (AvgIpc) is 3.18. The number of halogens is 1. The molecule has 0 radical (unpaired) electrons. The smallest absolute Gasteiger partial charge is 0.250 e. The lowest BCUT2D eigenvalue weighted by atomic mass is 10.1. The van der Waals surface area contributed by atoms with E-state index < -0.39 is 5.91 Å². The van der Waals surface area contributed by atoms with Gasteiger partial charge in [-0.2, -0.15) is 0 Å². The maximum absolute atomic E-state index is 13.2. The number of thiophene rings is 1. The fourth-order valence-corrected chi connectivity index (χ4v) is 4.82. The first kappa shape index (κ1) is 20.0. The molecule has 0 aliphatic rings. The van der Waals surface area contributed by atoms with Crippen LogP contribution in [0.3, 0.4) is 0 Å². The number of aromatic nitrogens is 2. The molecule has 0 spiro atoms. The van der Waals surface area contributed by atoms with Gasteiger partial charge in [0.25, 0.3) is 5.91 Å². The lowest BCUT2D eigenvalue weighted by Crippen LogP contribution is -2.19. The molecule has 9 heteroatoms. The van der Waals surface area contributed by atoms with Crippen LogP contribution in [0.25, 0.3) is 20.7 Å². The summed E-state index contributed by atoms with van der Waals surface area (Å²) < 4.78 is 14.0. The Morgan fingerprint density at radius 1 is 1.10 bits per heavy atom. The molecule has 2 amide bonds. The lowest BCUT2D eigenvalue weighted by Gasteiger charge is -2.08. The summed E-state index contributed by atoms with van der Waals surface area (Å²) in [6.45, 7) is 0. The minimum absolute atomic E-state index is 0.100. The number of fused-ring (bicyclic) bond motifs is 1. The third-order valence-electron chi connectivity index (χ3n) is 4.21. The van der Waals surface area contributed by atoms with E-state index in [1.54, 1.807) is 36.4 Å². The number of rotatable bonds is 6. The Hall–Kier alpha value is -3.30. The zero-order valence-corrected chi connectivity index (χ0v) is 17.1. The van der Waals surface area contributed by atoms with Crippen LogP contribution in [0.15, 0.2) is 66.0 Å². The van der Waals surface area contributed by atoms with E-state index in [0.717, 1.165) is 20.7 Å². The van der Waals surface area contributed by atoms with Gasteiger partial charge >= 0.3 is 0 Å². The van der Waals surface area contributed by atoms with E-state index in [9.17, 15) is 14.0 Å². The summed E-state index contributed by atoms with van der Waals surface area (Å²) >= 11 is 2.76. The largest absolute Gasteiger partial charge is 0.366 e. The third kappa shape index (κ3) is 4.32. The Morgan fingerprint density at radius 3 is 2.63 bits per heavy atom. The van der Waals surface area contributed by atoms with Gasteiger partial charge in [-0.1, -0.05) is 36.0 Å². The Balaban J connectivity index is 1.51. The number of amides is 2. The molecule has 2 heterocycles. The number of benzene rings is 2. The number of hydrogen-bond donors (Lipinski definition) is 2. The predicted molar refractivity (Wildman–Crippen MR) is 117 cm³/mol. The van der Waals surface area contributed by atoms with Crippen LogP contribution in [0.5, 0.6) is 0 Å². The topological polar surface area (TPSA) is 98.0 Å². The molecule has 0 fully saturated rings. The molecule has 0 unspecified atom stereocenters. The van der Waals surface area contributed by atoms with Gasteiger partial charge in [-0.25, -0.2) is 14.4 Å². The van der Waals surface area contributed by atoms with Crippen molar-refractivity contribution in [1.82, 2.24) is 9.97 Å². The summed E-state index contributed by atoms with van der Waals surface area (Å²) in [5, 5.41) is 3.39. The number of nitrogens with one attached hydrogen (secondary N) is 1. The number of primary amides is 1. The highest BCUT2D eigenvalue weighted by molar-refractivity contribution is 8.00. The first-order chi connectivity index (χ1) is 14.5. The average molecular weight is 439 g/mol. The first-order valence-corrected chi connectivity index (χ1v) is 10.6. The number of hydrogen-bond acceptors (Lipinski definition) is 6. The Kier molecular flexibility index (Phi) is 5.73. The van der Waals surface area contributed by atoms with Gasteiger partial charge in [0.1, 0.15) is 17.2 Å². The van der Waals surface area contributed by atoms with Crippen molar-refractivity contribution in [3.63, 3.8) is 0 Å². The number of carbonyl (C=O) groups is 2. The number of nitrogens with two attached hydrogens (primary N) is 1. The van der Waals surface area contributed by atoms with Crippen molar-refractivity contribution in [2.45, 2.75) is 5.03 Å². The van der Waals surface area contributed by atoms with Crippen LogP contribution in [0.2, 0.25) is 0 Å². The van der Waals surface area contributed by atoms with Crippen LogP contribution in [-0.4, -0.2) is 27.5 Å². The number of nitrogens with zero attached hydrogens (tertiary/aromatic N) is 2. The Morgan fingerprint density at radius 2 is 1.87 bits per heavy atom. The van der Waals surface area contributed by atoms with Crippen molar-refractivity contribution >= 4 is 50.8 Å². The van der Waals surface area contributed by atoms with Gasteiger partial charge in [0.05, 0.1) is 27.2 Å². The second-order valence-corrected chi connectivity index (χ2v) is 8.27. The maximum Gasteiger partial charge on any atom is 0.250 e. The summed E-state index contributed by atoms with van der Waals surface area (Å²) in [6, 6.07) is 14.7. The van der Waals surface area contributed by atoms with Gasteiger partial charge in [-0.15, -0.1) is 11.3 Å². The van der Waals surface area contributed by atoms with E-state index >= 15 is 0 Å². The van der Waals surface area contributed by atoms with Gasteiger partial charge in [0.15, 0.2) is 0 Å². The highest BCUT2D eigenvalue weighted by atomic mass is 32.2. The fraction of sp³-hybridized carbons (Fsp3) is 0.0476. The van der Waals surface area contributed by atoms with E-state index in [0.29, 0.717) is 10.7 Å². The Bertz CT molecular complexity index is 1240. The van der Waals surface area contributed by atoms with Gasteiger partial charge in [0, 0.05) is 4.88 Å². The van der Waals surface area contributed by atoms with Crippen molar-refractivity contribution < 1.29 is 14.0 Å². The highest BCUT2D eigenvalue weighted by Gasteiger charge is 2.14. The van der Waals surface area contributed by atoms with Crippen LogP contribution < -0.4 is 11.1 Å². The van der Waals surface area contributed by atoms with E-state index in [1.807, 2.05) is 6.07 Å². The number of carbonyl (C=O) groups excluding carboxylic acids is 2. The lowest BCUT2D eigenvalue weighted by molar-refractivity contribution is -0.113. The molecule has 2 aromatic carbocycles. The number of thioether (sulfide) groups is 1. The van der Waals surface area contributed by atoms with E-state index in [2.05, 4.69) is 15.3 Å². The summed E-state index contributed by atoms with van der Waals surface area (Å²) in [5.74, 6) is -1.08. The molecule has 0 bridgehead atoms. The van der Waals surface area contributed by atoms with Gasteiger partial charge in [-0.05, 0) is 35.9 Å². The fourth-order valence-electron chi connectivity index (χ4n) is 2.82. The molecule has 3 N–H and O–H groups in total. The van der Waals surface area contributed by atoms with Gasteiger partial charge < -0.3 is 11.1 Å². The Labute approximate surface area is 179 Å². The van der Waals surface area contributed by atoms with E-state index in [4.69, 9.17) is 5.73 Å². The quantitative estimate of drug-likeness (QED) is 0.345. The summed E-state index contributed by atoms with van der Waals surface area (Å²) in [6.07, 6.45) is 1.45. The van der Waals surface area contributed by atoms with Crippen molar-refractivity contribution in [2.75, 3.05) is 11.1 Å². The molecule has 0 saturated carbocycles. The molecule has 6 nitrogen and oxygen atoms in total.